The smallest absolute Gasteiger partial charge is 0.326 e. The molecule has 0 aliphatic rings. The summed E-state index contributed by atoms with van der Waals surface area (Å²) in [6.07, 6.45) is 0. The number of likely N-dealkylation sites (N-methyl/N-ethyl adjacent to an activating group) is 1. The molecular formula is C12H16N2O3. The molecule has 0 fully saturated rings. The number of nitrogens with zero attached hydrogens (tertiary/aromatic N) is 1. The molecule has 0 saturated carbocycles. The summed E-state index contributed by atoms with van der Waals surface area (Å²) < 4.78 is 0. The number of nitrogens with one attached hydrogen (secondary N) is 1. The maximum absolute atomic E-state index is 11.6. The average Bonchev–Trinajstić information content (AvgIpc) is 2.35. The van der Waals surface area contributed by atoms with Crippen LogP contribution in [0.15, 0.2) is 30.3 Å². The molecule has 0 aromatic heterocycles. The first-order chi connectivity index (χ1) is 8.02. The van der Waals surface area contributed by atoms with Gasteiger partial charge in [0.15, 0.2) is 0 Å². The monoisotopic (exact) mass is 236 g/mol. The van der Waals surface area contributed by atoms with Gasteiger partial charge >= 0.3 is 12.0 Å². The average molecular weight is 236 g/mol. The van der Waals surface area contributed by atoms with Crippen molar-refractivity contribution in [2.24, 2.45) is 0 Å². The van der Waals surface area contributed by atoms with E-state index >= 15 is 0 Å². The Morgan fingerprint density at radius 2 is 1.94 bits per heavy atom. The molecule has 92 valence electrons. The van der Waals surface area contributed by atoms with Gasteiger partial charge in [-0.1, -0.05) is 30.3 Å². The van der Waals surface area contributed by atoms with Gasteiger partial charge in [0.05, 0.1) is 0 Å². The number of benzene rings is 1. The lowest BCUT2D eigenvalue weighted by atomic mass is 10.2. The number of carboxylic acid groups (broad SMARTS) is 1. The van der Waals surface area contributed by atoms with Gasteiger partial charge in [0.25, 0.3) is 0 Å². The Morgan fingerprint density at radius 1 is 1.35 bits per heavy atom. The molecule has 5 nitrogen and oxygen atoms in total. The van der Waals surface area contributed by atoms with E-state index in [2.05, 4.69) is 5.32 Å². The van der Waals surface area contributed by atoms with E-state index in [4.69, 9.17) is 5.11 Å². The second kappa shape index (κ2) is 5.89. The van der Waals surface area contributed by atoms with E-state index in [0.29, 0.717) is 6.54 Å². The molecule has 0 bridgehead atoms. The predicted molar refractivity (Wildman–Crippen MR) is 63.5 cm³/mol. The number of aliphatic carboxylic acids is 1. The highest BCUT2D eigenvalue weighted by atomic mass is 16.4. The van der Waals surface area contributed by atoms with Crippen molar-refractivity contribution in [3.05, 3.63) is 35.9 Å². The molecule has 0 saturated heterocycles. The molecule has 2 N–H and O–H groups in total. The highest BCUT2D eigenvalue weighted by Gasteiger charge is 2.20. The second-order valence-corrected chi connectivity index (χ2v) is 3.77. The van der Waals surface area contributed by atoms with E-state index in [1.807, 2.05) is 30.3 Å². The van der Waals surface area contributed by atoms with Gasteiger partial charge < -0.3 is 15.3 Å². The van der Waals surface area contributed by atoms with E-state index in [1.165, 1.54) is 14.0 Å². The van der Waals surface area contributed by atoms with E-state index in [0.717, 1.165) is 10.5 Å². The van der Waals surface area contributed by atoms with Crippen LogP contribution in [0, 0.1) is 0 Å². The van der Waals surface area contributed by atoms with Crippen LogP contribution >= 0.6 is 0 Å². The minimum Gasteiger partial charge on any atom is -0.480 e. The Bertz CT molecular complexity index is 392. The standard InChI is InChI=1S/C12H16N2O3/c1-9(11(15)16)14(2)12(17)13-8-10-6-4-3-5-7-10/h3-7,9H,8H2,1-2H3,(H,13,17)(H,15,16). The molecule has 0 aliphatic carbocycles. The first-order valence-electron chi connectivity index (χ1n) is 5.29. The number of rotatable bonds is 4. The molecule has 0 heterocycles. The van der Waals surface area contributed by atoms with Gasteiger partial charge in [-0.25, -0.2) is 9.59 Å². The maximum atomic E-state index is 11.6. The van der Waals surface area contributed by atoms with Crippen molar-refractivity contribution in [1.29, 1.82) is 0 Å². The van der Waals surface area contributed by atoms with Crippen molar-refractivity contribution in [2.45, 2.75) is 19.5 Å². The zero-order valence-electron chi connectivity index (χ0n) is 9.88. The Balaban J connectivity index is 2.47. The molecule has 1 unspecified atom stereocenters. The zero-order valence-corrected chi connectivity index (χ0v) is 9.88. The summed E-state index contributed by atoms with van der Waals surface area (Å²) in [4.78, 5) is 23.5. The lowest BCUT2D eigenvalue weighted by Crippen LogP contribution is -2.45. The number of hydrogen-bond donors (Lipinski definition) is 2. The van der Waals surface area contributed by atoms with Crippen LogP contribution in [0.3, 0.4) is 0 Å². The normalized spacial score (nSPS) is 11.6. The van der Waals surface area contributed by atoms with E-state index < -0.39 is 18.0 Å². The number of carboxylic acids is 1. The zero-order chi connectivity index (χ0) is 12.8. The summed E-state index contributed by atoms with van der Waals surface area (Å²) in [6.45, 7) is 1.85. The van der Waals surface area contributed by atoms with Gasteiger partial charge in [-0.3, -0.25) is 0 Å². The number of urea groups is 1. The van der Waals surface area contributed by atoms with E-state index in [9.17, 15) is 9.59 Å². The summed E-state index contributed by atoms with van der Waals surface area (Å²) >= 11 is 0. The van der Waals surface area contributed by atoms with Crippen molar-refractivity contribution in [3.8, 4) is 0 Å². The molecule has 1 aromatic rings. The Labute approximate surface area is 100 Å². The summed E-state index contributed by atoms with van der Waals surface area (Å²) in [5.74, 6) is -1.03. The van der Waals surface area contributed by atoms with E-state index in [1.54, 1.807) is 0 Å². The molecule has 1 aromatic carbocycles. The van der Waals surface area contributed by atoms with Crippen LogP contribution in [0.5, 0.6) is 0 Å². The van der Waals surface area contributed by atoms with Crippen molar-refractivity contribution in [2.75, 3.05) is 7.05 Å². The van der Waals surface area contributed by atoms with Crippen LogP contribution in [0.1, 0.15) is 12.5 Å². The lowest BCUT2D eigenvalue weighted by molar-refractivity contribution is -0.141. The minimum absolute atomic E-state index is 0.385. The fourth-order valence-corrected chi connectivity index (χ4v) is 1.24. The first kappa shape index (κ1) is 13.0. The third-order valence-corrected chi connectivity index (χ3v) is 2.55. The number of carbonyl (C=O) groups is 2. The minimum atomic E-state index is -1.03. The molecule has 1 rings (SSSR count). The highest BCUT2D eigenvalue weighted by molar-refractivity contribution is 5.82. The van der Waals surface area contributed by atoms with Crippen LogP contribution in [-0.4, -0.2) is 35.1 Å². The Morgan fingerprint density at radius 3 is 2.47 bits per heavy atom. The SMILES string of the molecule is CC(C(=O)O)N(C)C(=O)NCc1ccccc1. The molecule has 17 heavy (non-hydrogen) atoms. The fraction of sp³-hybridized carbons (Fsp3) is 0.333. The summed E-state index contributed by atoms with van der Waals surface area (Å²) in [7, 11) is 1.46. The summed E-state index contributed by atoms with van der Waals surface area (Å²) in [5.41, 5.74) is 0.970. The lowest BCUT2D eigenvalue weighted by Gasteiger charge is -2.21. The van der Waals surface area contributed by atoms with Crippen molar-refractivity contribution < 1.29 is 14.7 Å². The van der Waals surface area contributed by atoms with Gasteiger partial charge in [0, 0.05) is 13.6 Å². The Kier molecular flexibility index (Phi) is 4.51. The molecule has 2 amide bonds. The maximum Gasteiger partial charge on any atom is 0.326 e. The molecule has 0 radical (unpaired) electrons. The van der Waals surface area contributed by atoms with Gasteiger partial charge in [-0.05, 0) is 12.5 Å². The summed E-state index contributed by atoms with van der Waals surface area (Å²) in [6, 6.07) is 8.19. The molecular weight excluding hydrogens is 220 g/mol. The third kappa shape index (κ3) is 3.79. The molecule has 0 spiro atoms. The molecule has 0 aliphatic heterocycles. The summed E-state index contributed by atoms with van der Waals surface area (Å²) in [5, 5.41) is 11.4. The van der Waals surface area contributed by atoms with Gasteiger partial charge in [-0.15, -0.1) is 0 Å². The van der Waals surface area contributed by atoms with Gasteiger partial charge in [0.2, 0.25) is 0 Å². The van der Waals surface area contributed by atoms with Crippen LogP contribution < -0.4 is 5.32 Å². The van der Waals surface area contributed by atoms with Gasteiger partial charge in [0.1, 0.15) is 6.04 Å². The van der Waals surface area contributed by atoms with Gasteiger partial charge in [-0.2, -0.15) is 0 Å². The molecule has 5 heteroatoms. The number of carbonyl (C=O) groups excluding carboxylic acids is 1. The second-order valence-electron chi connectivity index (χ2n) is 3.77. The largest absolute Gasteiger partial charge is 0.480 e. The highest BCUT2D eigenvalue weighted by Crippen LogP contribution is 2.00. The van der Waals surface area contributed by atoms with Crippen LogP contribution in [0.2, 0.25) is 0 Å². The quantitative estimate of drug-likeness (QED) is 0.827. The third-order valence-electron chi connectivity index (χ3n) is 2.55. The van der Waals surface area contributed by atoms with Crippen LogP contribution in [0.4, 0.5) is 4.79 Å². The topological polar surface area (TPSA) is 69.6 Å². The number of hydrogen-bond acceptors (Lipinski definition) is 2. The predicted octanol–water partition coefficient (Wildman–Crippen LogP) is 1.30. The first-order valence-corrected chi connectivity index (χ1v) is 5.29. The van der Waals surface area contributed by atoms with Crippen LogP contribution in [0.25, 0.3) is 0 Å². The van der Waals surface area contributed by atoms with Crippen molar-refractivity contribution in [3.63, 3.8) is 0 Å². The molecule has 1 atom stereocenters. The number of amides is 2. The van der Waals surface area contributed by atoms with Crippen molar-refractivity contribution >= 4 is 12.0 Å². The fourth-order valence-electron chi connectivity index (χ4n) is 1.24. The van der Waals surface area contributed by atoms with E-state index in [-0.39, 0.29) is 0 Å². The van der Waals surface area contributed by atoms with Crippen LogP contribution in [-0.2, 0) is 11.3 Å². The Hall–Kier alpha value is -2.04. The van der Waals surface area contributed by atoms with Crippen molar-refractivity contribution in [1.82, 2.24) is 10.2 Å².